The van der Waals surface area contributed by atoms with Gasteiger partial charge in [0.15, 0.2) is 9.84 Å². The molecular formula is C10H13NO2S2. The summed E-state index contributed by atoms with van der Waals surface area (Å²) in [6.07, 6.45) is 0.768. The van der Waals surface area contributed by atoms with Gasteiger partial charge in [0.25, 0.3) is 0 Å². The Morgan fingerprint density at radius 2 is 2.33 bits per heavy atom. The molecule has 15 heavy (non-hydrogen) atoms. The van der Waals surface area contributed by atoms with Gasteiger partial charge >= 0.3 is 0 Å². The highest BCUT2D eigenvalue weighted by Gasteiger charge is 2.37. The smallest absolute Gasteiger partial charge is 0.151 e. The first-order valence-corrected chi connectivity index (χ1v) is 7.86. The summed E-state index contributed by atoms with van der Waals surface area (Å²) < 4.78 is 23.2. The fourth-order valence-corrected chi connectivity index (χ4v) is 5.47. The van der Waals surface area contributed by atoms with Gasteiger partial charge in [0.05, 0.1) is 11.5 Å². The molecule has 82 valence electrons. The van der Waals surface area contributed by atoms with Crippen molar-refractivity contribution >= 4 is 21.2 Å². The first-order chi connectivity index (χ1) is 7.16. The van der Waals surface area contributed by atoms with Crippen LogP contribution in [-0.4, -0.2) is 26.0 Å². The first kappa shape index (κ1) is 9.81. The molecule has 0 spiro atoms. The van der Waals surface area contributed by atoms with Crippen molar-refractivity contribution in [2.75, 3.05) is 11.5 Å². The maximum atomic E-state index is 11.6. The van der Waals surface area contributed by atoms with E-state index in [1.165, 1.54) is 10.4 Å². The van der Waals surface area contributed by atoms with Gasteiger partial charge in [-0.05, 0) is 23.4 Å². The zero-order valence-electron chi connectivity index (χ0n) is 8.27. The van der Waals surface area contributed by atoms with E-state index in [2.05, 4.69) is 16.8 Å². The lowest BCUT2D eigenvalue weighted by molar-refractivity contribution is 0.400. The molecule has 1 fully saturated rings. The van der Waals surface area contributed by atoms with Gasteiger partial charge in [-0.2, -0.15) is 0 Å². The minimum Gasteiger partial charge on any atom is -0.309 e. The Hall–Kier alpha value is -0.390. The van der Waals surface area contributed by atoms with Crippen LogP contribution in [0.3, 0.4) is 0 Å². The number of hydrogen-bond acceptors (Lipinski definition) is 4. The fourth-order valence-electron chi connectivity index (χ4n) is 2.54. The number of nitrogens with one attached hydrogen (secondary N) is 1. The summed E-state index contributed by atoms with van der Waals surface area (Å²) in [5, 5.41) is 5.51. The zero-order chi connectivity index (χ0) is 10.5. The Morgan fingerprint density at radius 3 is 3.20 bits per heavy atom. The molecule has 0 aromatic carbocycles. The molecule has 1 N–H and O–H groups in total. The average molecular weight is 243 g/mol. The number of hydrogen-bond donors (Lipinski definition) is 1. The predicted molar refractivity (Wildman–Crippen MR) is 61.0 cm³/mol. The molecule has 0 aliphatic carbocycles. The lowest BCUT2D eigenvalue weighted by Crippen LogP contribution is -2.46. The van der Waals surface area contributed by atoms with Crippen LogP contribution in [0, 0.1) is 0 Å². The van der Waals surface area contributed by atoms with E-state index >= 15 is 0 Å². The number of fused-ring (bicyclic) bond motifs is 3. The van der Waals surface area contributed by atoms with Gasteiger partial charge in [0, 0.05) is 23.4 Å². The largest absolute Gasteiger partial charge is 0.309 e. The van der Waals surface area contributed by atoms with Gasteiger partial charge in [0.1, 0.15) is 0 Å². The van der Waals surface area contributed by atoms with Crippen LogP contribution in [0.4, 0.5) is 0 Å². The zero-order valence-corrected chi connectivity index (χ0v) is 9.90. The minimum atomic E-state index is -2.81. The summed E-state index contributed by atoms with van der Waals surface area (Å²) in [7, 11) is -2.81. The molecule has 0 saturated carbocycles. The summed E-state index contributed by atoms with van der Waals surface area (Å²) in [5.41, 5.74) is 1.29. The highest BCUT2D eigenvalue weighted by molar-refractivity contribution is 7.91. The van der Waals surface area contributed by atoms with Crippen LogP contribution in [0.25, 0.3) is 0 Å². The molecule has 2 aliphatic heterocycles. The van der Waals surface area contributed by atoms with Crippen molar-refractivity contribution in [2.45, 2.75) is 24.9 Å². The van der Waals surface area contributed by atoms with Gasteiger partial charge in [-0.15, -0.1) is 11.3 Å². The van der Waals surface area contributed by atoms with Crippen molar-refractivity contribution in [3.63, 3.8) is 0 Å². The summed E-state index contributed by atoms with van der Waals surface area (Å²) in [6, 6.07) is 2.48. The third-order valence-corrected chi connectivity index (χ3v) is 6.15. The van der Waals surface area contributed by atoms with E-state index in [4.69, 9.17) is 0 Å². The van der Waals surface area contributed by atoms with E-state index in [1.807, 2.05) is 0 Å². The van der Waals surface area contributed by atoms with Crippen molar-refractivity contribution in [3.05, 3.63) is 21.9 Å². The molecule has 2 aliphatic rings. The third kappa shape index (κ3) is 1.62. The Morgan fingerprint density at radius 1 is 1.47 bits per heavy atom. The molecule has 3 heterocycles. The SMILES string of the molecule is O=S1(=O)CCC2NCc3ccsc3C2C1. The molecule has 2 atom stereocenters. The maximum absolute atomic E-state index is 11.6. The van der Waals surface area contributed by atoms with Crippen molar-refractivity contribution in [2.24, 2.45) is 0 Å². The van der Waals surface area contributed by atoms with E-state index in [-0.39, 0.29) is 5.92 Å². The molecule has 1 aromatic rings. The Bertz CT molecular complexity index is 477. The van der Waals surface area contributed by atoms with Crippen LogP contribution in [0.5, 0.6) is 0 Å². The maximum Gasteiger partial charge on any atom is 0.151 e. The number of sulfone groups is 1. The second-order valence-corrected chi connectivity index (χ2v) is 7.48. The normalized spacial score (nSPS) is 33.1. The molecule has 1 aromatic heterocycles. The number of thiophene rings is 1. The van der Waals surface area contributed by atoms with E-state index in [0.717, 1.165) is 13.0 Å². The van der Waals surface area contributed by atoms with Crippen LogP contribution in [0.1, 0.15) is 22.8 Å². The summed E-state index contributed by atoms with van der Waals surface area (Å²) in [6.45, 7) is 0.903. The molecule has 0 amide bonds. The van der Waals surface area contributed by atoms with Gasteiger partial charge in [-0.3, -0.25) is 0 Å². The second kappa shape index (κ2) is 3.30. The third-order valence-electron chi connectivity index (χ3n) is 3.33. The topological polar surface area (TPSA) is 46.2 Å². The molecule has 1 saturated heterocycles. The van der Waals surface area contributed by atoms with Crippen LogP contribution in [0.15, 0.2) is 11.4 Å². The highest BCUT2D eigenvalue weighted by Crippen LogP contribution is 2.37. The van der Waals surface area contributed by atoms with Gasteiger partial charge in [-0.25, -0.2) is 8.42 Å². The standard InChI is InChI=1S/C10H13NO2S2/c12-15(13)4-2-9-8(6-15)10-7(5-11-9)1-3-14-10/h1,3,8-9,11H,2,4-6H2. The van der Waals surface area contributed by atoms with Gasteiger partial charge in [-0.1, -0.05) is 0 Å². The Balaban J connectivity index is 2.01. The van der Waals surface area contributed by atoms with Crippen molar-refractivity contribution < 1.29 is 8.42 Å². The monoisotopic (exact) mass is 243 g/mol. The first-order valence-electron chi connectivity index (χ1n) is 5.16. The van der Waals surface area contributed by atoms with Gasteiger partial charge in [0.2, 0.25) is 0 Å². The van der Waals surface area contributed by atoms with Crippen molar-refractivity contribution in [1.82, 2.24) is 5.32 Å². The summed E-state index contributed by atoms with van der Waals surface area (Å²) >= 11 is 1.71. The average Bonchev–Trinajstić information content (AvgIpc) is 2.64. The van der Waals surface area contributed by atoms with E-state index in [0.29, 0.717) is 17.5 Å². The molecule has 2 unspecified atom stereocenters. The van der Waals surface area contributed by atoms with E-state index in [1.54, 1.807) is 11.3 Å². The summed E-state index contributed by atoms with van der Waals surface area (Å²) in [5.74, 6) is 0.882. The Labute approximate surface area is 93.4 Å². The fraction of sp³-hybridized carbons (Fsp3) is 0.600. The molecule has 3 rings (SSSR count). The second-order valence-electron chi connectivity index (χ2n) is 4.31. The van der Waals surface area contributed by atoms with Crippen molar-refractivity contribution in [1.29, 1.82) is 0 Å². The van der Waals surface area contributed by atoms with Gasteiger partial charge < -0.3 is 5.32 Å². The van der Waals surface area contributed by atoms with Crippen LogP contribution >= 0.6 is 11.3 Å². The lowest BCUT2D eigenvalue weighted by atomic mass is 9.91. The van der Waals surface area contributed by atoms with E-state index < -0.39 is 9.84 Å². The highest BCUT2D eigenvalue weighted by atomic mass is 32.2. The lowest BCUT2D eigenvalue weighted by Gasteiger charge is -2.35. The molecule has 3 nitrogen and oxygen atoms in total. The van der Waals surface area contributed by atoms with Crippen LogP contribution in [0.2, 0.25) is 0 Å². The predicted octanol–water partition coefficient (Wildman–Crippen LogP) is 1.12. The molecule has 0 radical (unpaired) electrons. The van der Waals surface area contributed by atoms with E-state index in [9.17, 15) is 8.42 Å². The molecule has 0 bridgehead atoms. The number of rotatable bonds is 0. The van der Waals surface area contributed by atoms with Crippen molar-refractivity contribution in [3.8, 4) is 0 Å². The summed E-state index contributed by atoms with van der Waals surface area (Å²) in [4.78, 5) is 1.29. The molecule has 5 heteroatoms. The quantitative estimate of drug-likeness (QED) is 0.743. The van der Waals surface area contributed by atoms with Crippen LogP contribution < -0.4 is 5.32 Å². The minimum absolute atomic E-state index is 0.201. The van der Waals surface area contributed by atoms with Crippen LogP contribution in [-0.2, 0) is 16.4 Å². The molecular weight excluding hydrogens is 230 g/mol. The Kier molecular flexibility index (Phi) is 2.16.